The van der Waals surface area contributed by atoms with Crippen molar-refractivity contribution in [1.82, 2.24) is 0 Å². The van der Waals surface area contributed by atoms with Crippen LogP contribution in [0.5, 0.6) is 0 Å². The quantitative estimate of drug-likeness (QED) is 0.466. The smallest absolute Gasteiger partial charge is 0.255 e. The highest BCUT2D eigenvalue weighted by atomic mass is 35.7. The van der Waals surface area contributed by atoms with Gasteiger partial charge in [0, 0.05) is 10.7 Å². The highest BCUT2D eigenvalue weighted by Gasteiger charge is 1.77. The molecule has 2 nitrogen and oxygen atoms in total. The molecule has 0 aromatic heterocycles. The summed E-state index contributed by atoms with van der Waals surface area (Å²) in [5.41, 5.74) is 0. The first kappa shape index (κ1) is 1.91. The van der Waals surface area contributed by atoms with Crippen molar-refractivity contribution in [3.05, 3.63) is 0 Å². The molecule has 0 saturated heterocycles. The molecule has 0 aromatic carbocycles. The molecule has 32 valence electrons. The molecule has 1 atom stereocenters. The lowest BCUT2D eigenvalue weighted by Crippen LogP contribution is -1.74. The molecule has 0 aliphatic heterocycles. The zero-order valence-corrected chi connectivity index (χ0v) is 3.68. The second-order valence-corrected chi connectivity index (χ2v) is 1.59. The van der Waals surface area contributed by atoms with Gasteiger partial charge in [-0.2, -0.15) is 0 Å². The van der Waals surface area contributed by atoms with Crippen molar-refractivity contribution in [2.45, 2.75) is 0 Å². The highest BCUT2D eigenvalue weighted by Crippen LogP contribution is 1.83. The predicted molar refractivity (Wildman–Crippen MR) is 21.0 cm³/mol. The van der Waals surface area contributed by atoms with Crippen LogP contribution in [0, 0.1) is 0 Å². The van der Waals surface area contributed by atoms with Gasteiger partial charge in [-0.25, -0.2) is 4.21 Å². The van der Waals surface area contributed by atoms with Crippen LogP contribution in [0.4, 0.5) is 0 Å². The lowest BCUT2D eigenvalue weighted by atomic mass is 11.8. The molecular formula is CH3ClO2S. The first-order chi connectivity index (χ1) is 3.42. The molecule has 0 aromatic rings. The molecule has 0 bridgehead atoms. The van der Waals surface area contributed by atoms with Crippen molar-refractivity contribution >= 4 is 21.0 Å². The second-order valence-electron chi connectivity index (χ2n) is 0.277. The third-order valence-corrected chi connectivity index (χ3v) is 0.386. The Kier molecular flexibility index (Phi) is 1.00. The van der Waals surface area contributed by atoms with Crippen molar-refractivity contribution in [3.8, 4) is 0 Å². The van der Waals surface area contributed by atoms with Crippen LogP contribution in [0.1, 0.15) is 4.11 Å². The first-order valence-electron chi connectivity index (χ1n) is 2.19. The summed E-state index contributed by atoms with van der Waals surface area (Å²) in [6, 6.07) is 0. The van der Waals surface area contributed by atoms with Gasteiger partial charge in [0.15, 0.2) is 0 Å². The van der Waals surface area contributed by atoms with Gasteiger partial charge >= 0.3 is 0 Å². The zero-order chi connectivity index (χ0) is 6.78. The third kappa shape index (κ3) is 4.40. The van der Waals surface area contributed by atoms with Crippen LogP contribution in [-0.2, 0) is 14.5 Å². The predicted octanol–water partition coefficient (Wildman–Crippen LogP) is 0.450. The SMILES string of the molecule is [2H]C([2H])([2H])OS(=O)Cl. The van der Waals surface area contributed by atoms with Crippen LogP contribution >= 0.6 is 10.7 Å². The molecule has 0 aliphatic carbocycles. The molecule has 5 heavy (non-hydrogen) atoms. The largest absolute Gasteiger partial charge is 0.281 e. The molecule has 1 unspecified atom stereocenters. The lowest BCUT2D eigenvalue weighted by molar-refractivity contribution is 0.457. The topological polar surface area (TPSA) is 26.3 Å². The van der Waals surface area contributed by atoms with E-state index in [1.807, 2.05) is 0 Å². The maximum atomic E-state index is 9.75. The minimum Gasteiger partial charge on any atom is -0.281 e. The average Bonchev–Trinajstić information content (AvgIpc) is 1.21. The van der Waals surface area contributed by atoms with Gasteiger partial charge in [-0.3, -0.25) is 4.18 Å². The molecule has 0 heterocycles. The molecule has 0 amide bonds. The van der Waals surface area contributed by atoms with Crippen LogP contribution in [0.2, 0.25) is 0 Å². The molecule has 4 heteroatoms. The van der Waals surface area contributed by atoms with E-state index in [2.05, 4.69) is 14.9 Å². The Morgan fingerprint density at radius 1 is 2.40 bits per heavy atom. The summed E-state index contributed by atoms with van der Waals surface area (Å²) >= 11 is 0. The van der Waals surface area contributed by atoms with E-state index in [0.717, 1.165) is 0 Å². The summed E-state index contributed by atoms with van der Waals surface area (Å²) in [5, 5.41) is 0. The van der Waals surface area contributed by atoms with Gasteiger partial charge in [-0.05, 0) is 0 Å². The number of halogens is 1. The molecule has 0 rings (SSSR count). The Bertz CT molecular complexity index is 99.9. The van der Waals surface area contributed by atoms with Gasteiger partial charge in [0.2, 0.25) is 0 Å². The molecular weight excluding hydrogens is 112 g/mol. The normalized spacial score (nSPS) is 26.2. The van der Waals surface area contributed by atoms with Crippen LogP contribution in [-0.4, -0.2) is 11.2 Å². The molecule has 0 fully saturated rings. The van der Waals surface area contributed by atoms with E-state index < -0.39 is 17.3 Å². The van der Waals surface area contributed by atoms with E-state index in [9.17, 15) is 4.21 Å². The van der Waals surface area contributed by atoms with Gasteiger partial charge in [-0.15, -0.1) is 0 Å². The first-order valence-corrected chi connectivity index (χ1v) is 2.59. The second kappa shape index (κ2) is 2.63. The Morgan fingerprint density at radius 3 is 3.00 bits per heavy atom. The molecule has 0 saturated carbocycles. The summed E-state index contributed by atoms with van der Waals surface area (Å²) in [6.07, 6.45) is 0. The van der Waals surface area contributed by atoms with Crippen molar-refractivity contribution in [3.63, 3.8) is 0 Å². The lowest BCUT2D eigenvalue weighted by Gasteiger charge is -1.74. The summed E-state index contributed by atoms with van der Waals surface area (Å²) in [7, 11) is -0.233. The molecule has 0 radical (unpaired) electrons. The van der Waals surface area contributed by atoms with E-state index in [1.165, 1.54) is 0 Å². The van der Waals surface area contributed by atoms with Crippen LogP contribution in [0.25, 0.3) is 0 Å². The van der Waals surface area contributed by atoms with Gasteiger partial charge in [0.25, 0.3) is 10.3 Å². The van der Waals surface area contributed by atoms with Gasteiger partial charge in [0.1, 0.15) is 0 Å². The zero-order valence-electron chi connectivity index (χ0n) is 5.10. The van der Waals surface area contributed by atoms with Crippen LogP contribution in [0.15, 0.2) is 0 Å². The maximum absolute atomic E-state index is 9.75. The standard InChI is InChI=1S/CH3ClO2S/c1-4-5(2)3/h1H3/i1D3. The molecule has 0 aliphatic rings. The van der Waals surface area contributed by atoms with Gasteiger partial charge in [0.05, 0.1) is 11.2 Å². The minimum atomic E-state index is -2.66. The van der Waals surface area contributed by atoms with Crippen molar-refractivity contribution < 1.29 is 12.5 Å². The average molecular weight is 118 g/mol. The van der Waals surface area contributed by atoms with Gasteiger partial charge < -0.3 is 0 Å². The minimum absolute atomic E-state index is 2.23. The summed E-state index contributed by atoms with van der Waals surface area (Å²) < 4.78 is 32.3. The fourth-order valence-corrected chi connectivity index (χ4v) is 0. The third-order valence-electron chi connectivity index (χ3n) is 0.0655. The van der Waals surface area contributed by atoms with E-state index in [0.29, 0.717) is 0 Å². The molecule has 0 spiro atoms. The maximum Gasteiger partial charge on any atom is 0.255 e. The number of rotatable bonds is 1. The fraction of sp³-hybridized carbons (Fsp3) is 1.00. The van der Waals surface area contributed by atoms with Gasteiger partial charge in [-0.1, -0.05) is 0 Å². The Morgan fingerprint density at radius 2 is 3.00 bits per heavy atom. The summed E-state index contributed by atoms with van der Waals surface area (Å²) in [4.78, 5) is 0. The highest BCUT2D eigenvalue weighted by molar-refractivity contribution is 8.04. The number of hydrogen-bond acceptors (Lipinski definition) is 2. The van der Waals surface area contributed by atoms with E-state index in [1.54, 1.807) is 0 Å². The van der Waals surface area contributed by atoms with Crippen molar-refractivity contribution in [1.29, 1.82) is 0 Å². The van der Waals surface area contributed by atoms with Crippen LogP contribution < -0.4 is 0 Å². The van der Waals surface area contributed by atoms with Crippen molar-refractivity contribution in [2.75, 3.05) is 7.04 Å². The molecule has 0 N–H and O–H groups in total. The fourth-order valence-electron chi connectivity index (χ4n) is 0. The summed E-state index contributed by atoms with van der Waals surface area (Å²) in [5.74, 6) is 0. The Balaban J connectivity index is 3.55. The Labute approximate surface area is 41.5 Å². The number of hydrogen-bond donors (Lipinski definition) is 0. The van der Waals surface area contributed by atoms with E-state index in [-0.39, 0.29) is 0 Å². The monoisotopic (exact) mass is 117 g/mol. The van der Waals surface area contributed by atoms with E-state index >= 15 is 0 Å². The summed E-state index contributed by atoms with van der Waals surface area (Å²) in [6.45, 7) is 0. The van der Waals surface area contributed by atoms with Crippen LogP contribution in [0.3, 0.4) is 0 Å². The Hall–Kier alpha value is 0.400. The van der Waals surface area contributed by atoms with E-state index in [4.69, 9.17) is 4.11 Å². The van der Waals surface area contributed by atoms with Crippen molar-refractivity contribution in [2.24, 2.45) is 0 Å².